The molecule has 4 nitrogen and oxygen atoms in total. The van der Waals surface area contributed by atoms with Gasteiger partial charge in [0.2, 0.25) is 0 Å². The molecule has 0 fully saturated rings. The average Bonchev–Trinajstić information content (AvgIpc) is 2.46. The highest BCUT2D eigenvalue weighted by atomic mass is 35.5. The Bertz CT molecular complexity index is 662. The van der Waals surface area contributed by atoms with Gasteiger partial charge in [-0.25, -0.2) is 4.98 Å². The fourth-order valence-corrected chi connectivity index (χ4v) is 1.98. The van der Waals surface area contributed by atoms with Crippen LogP contribution in [0.25, 0.3) is 0 Å². The Labute approximate surface area is 122 Å². The highest BCUT2D eigenvalue weighted by Crippen LogP contribution is 2.13. The maximum atomic E-state index is 12.2. The Morgan fingerprint density at radius 1 is 1.40 bits per heavy atom. The van der Waals surface area contributed by atoms with Gasteiger partial charge >= 0.3 is 0 Å². The molecule has 2 aromatic rings. The molecule has 5 heteroatoms. The van der Waals surface area contributed by atoms with Crippen LogP contribution < -0.4 is 0 Å². The van der Waals surface area contributed by atoms with Crippen LogP contribution in [0.3, 0.4) is 0 Å². The van der Waals surface area contributed by atoms with Crippen molar-refractivity contribution in [2.24, 2.45) is 0 Å². The van der Waals surface area contributed by atoms with Crippen molar-refractivity contribution in [3.63, 3.8) is 0 Å². The van der Waals surface area contributed by atoms with Gasteiger partial charge in [-0.1, -0.05) is 23.7 Å². The first-order valence-corrected chi connectivity index (χ1v) is 6.34. The summed E-state index contributed by atoms with van der Waals surface area (Å²) in [4.78, 5) is 17.7. The number of hydrogen-bond donors (Lipinski definition) is 0. The van der Waals surface area contributed by atoms with Crippen LogP contribution >= 0.6 is 11.6 Å². The molecule has 1 heterocycles. The number of amides is 1. The molecule has 1 aromatic heterocycles. The van der Waals surface area contributed by atoms with Crippen molar-refractivity contribution in [3.8, 4) is 6.07 Å². The molecule has 0 bridgehead atoms. The Kier molecular flexibility index (Phi) is 4.34. The molecule has 0 aliphatic rings. The van der Waals surface area contributed by atoms with E-state index in [0.717, 1.165) is 5.56 Å². The third-order valence-corrected chi connectivity index (χ3v) is 3.00. The predicted octanol–water partition coefficient (Wildman–Crippen LogP) is 2.88. The van der Waals surface area contributed by atoms with E-state index in [1.807, 2.05) is 24.3 Å². The van der Waals surface area contributed by atoms with Gasteiger partial charge in [0.1, 0.15) is 11.8 Å². The van der Waals surface area contributed by atoms with E-state index >= 15 is 0 Å². The van der Waals surface area contributed by atoms with Crippen molar-refractivity contribution in [2.45, 2.75) is 6.54 Å². The van der Waals surface area contributed by atoms with Crippen molar-refractivity contribution < 1.29 is 4.79 Å². The van der Waals surface area contributed by atoms with E-state index in [4.69, 9.17) is 16.9 Å². The third kappa shape index (κ3) is 3.34. The fraction of sp³-hybridized carbons (Fsp3) is 0.133. The molecule has 0 atom stereocenters. The van der Waals surface area contributed by atoms with Gasteiger partial charge in [-0.3, -0.25) is 4.79 Å². The van der Waals surface area contributed by atoms with Crippen LogP contribution in [0.4, 0.5) is 0 Å². The predicted molar refractivity (Wildman–Crippen MR) is 76.2 cm³/mol. The zero-order valence-corrected chi connectivity index (χ0v) is 11.6. The van der Waals surface area contributed by atoms with E-state index in [9.17, 15) is 4.79 Å². The van der Waals surface area contributed by atoms with Gasteiger partial charge in [0.25, 0.3) is 5.91 Å². The number of nitriles is 1. The summed E-state index contributed by atoms with van der Waals surface area (Å²) in [6.07, 6.45) is 1.39. The molecule has 0 aliphatic carbocycles. The van der Waals surface area contributed by atoms with Gasteiger partial charge in [-0.2, -0.15) is 5.26 Å². The molecule has 1 aromatic carbocycles. The van der Waals surface area contributed by atoms with Gasteiger partial charge in [-0.15, -0.1) is 0 Å². The second-order valence-corrected chi connectivity index (χ2v) is 4.77. The number of pyridine rings is 1. The highest BCUT2D eigenvalue weighted by Gasteiger charge is 2.13. The van der Waals surface area contributed by atoms with E-state index in [1.165, 1.54) is 6.20 Å². The Hall–Kier alpha value is -2.38. The molecule has 100 valence electrons. The lowest BCUT2D eigenvalue weighted by atomic mass is 10.2. The molecule has 0 aliphatic heterocycles. The third-order valence-electron chi connectivity index (χ3n) is 2.77. The van der Waals surface area contributed by atoms with Crippen LogP contribution in [0.1, 0.15) is 21.6 Å². The summed E-state index contributed by atoms with van der Waals surface area (Å²) in [5.74, 6) is -0.200. The summed E-state index contributed by atoms with van der Waals surface area (Å²) in [7, 11) is 1.70. The number of carbonyl (C=O) groups is 1. The van der Waals surface area contributed by atoms with E-state index < -0.39 is 0 Å². The molecule has 0 saturated heterocycles. The van der Waals surface area contributed by atoms with Crippen LogP contribution in [-0.4, -0.2) is 22.8 Å². The first kappa shape index (κ1) is 14.0. The molecule has 0 spiro atoms. The number of rotatable bonds is 3. The minimum Gasteiger partial charge on any atom is -0.336 e. The lowest BCUT2D eigenvalue weighted by Gasteiger charge is -2.16. The second-order valence-electron chi connectivity index (χ2n) is 4.34. The first-order valence-electron chi connectivity index (χ1n) is 5.96. The summed E-state index contributed by atoms with van der Waals surface area (Å²) in [6, 6.07) is 12.4. The van der Waals surface area contributed by atoms with Crippen LogP contribution in [-0.2, 0) is 6.54 Å². The minimum atomic E-state index is -0.200. The topological polar surface area (TPSA) is 57.0 Å². The summed E-state index contributed by atoms with van der Waals surface area (Å²) in [5, 5.41) is 9.34. The molecule has 0 unspecified atom stereocenters. The number of benzene rings is 1. The molecular weight excluding hydrogens is 274 g/mol. The normalized spacial score (nSPS) is 9.85. The van der Waals surface area contributed by atoms with E-state index in [-0.39, 0.29) is 5.91 Å². The van der Waals surface area contributed by atoms with Crippen molar-refractivity contribution in [1.82, 2.24) is 9.88 Å². The standard InChI is InChI=1S/C15H12ClN3O/c1-19(10-11-3-2-4-13(16)7-11)15(20)14-6-5-12(8-17)9-18-14/h2-7,9H,10H2,1H3. The van der Waals surface area contributed by atoms with Crippen LogP contribution in [0.2, 0.25) is 5.02 Å². The maximum absolute atomic E-state index is 12.2. The quantitative estimate of drug-likeness (QED) is 0.871. The molecule has 0 saturated carbocycles. The van der Waals surface area contributed by atoms with E-state index in [1.54, 1.807) is 30.1 Å². The van der Waals surface area contributed by atoms with Crippen molar-refractivity contribution in [1.29, 1.82) is 5.26 Å². The summed E-state index contributed by atoms with van der Waals surface area (Å²) < 4.78 is 0. The summed E-state index contributed by atoms with van der Waals surface area (Å²) in [6.45, 7) is 0.446. The average molecular weight is 286 g/mol. The number of halogens is 1. The lowest BCUT2D eigenvalue weighted by Crippen LogP contribution is -2.26. The molecular formula is C15H12ClN3O. The Morgan fingerprint density at radius 2 is 2.20 bits per heavy atom. The Balaban J connectivity index is 2.10. The first-order chi connectivity index (χ1) is 9.60. The molecule has 2 rings (SSSR count). The molecule has 0 radical (unpaired) electrons. The lowest BCUT2D eigenvalue weighted by molar-refractivity contribution is 0.0779. The maximum Gasteiger partial charge on any atom is 0.272 e. The molecule has 0 N–H and O–H groups in total. The Morgan fingerprint density at radius 3 is 2.80 bits per heavy atom. The van der Waals surface area contributed by atoms with Gasteiger partial charge in [0.15, 0.2) is 0 Å². The highest BCUT2D eigenvalue weighted by molar-refractivity contribution is 6.30. The van der Waals surface area contributed by atoms with Crippen LogP contribution in [0.15, 0.2) is 42.6 Å². The summed E-state index contributed by atoms with van der Waals surface area (Å²) >= 11 is 5.91. The minimum absolute atomic E-state index is 0.200. The summed E-state index contributed by atoms with van der Waals surface area (Å²) in [5.41, 5.74) is 1.69. The van der Waals surface area contributed by atoms with Gasteiger partial charge in [0, 0.05) is 24.8 Å². The van der Waals surface area contributed by atoms with Crippen molar-refractivity contribution in [2.75, 3.05) is 7.05 Å². The monoisotopic (exact) mass is 285 g/mol. The zero-order chi connectivity index (χ0) is 14.5. The molecule has 1 amide bonds. The van der Waals surface area contributed by atoms with Crippen LogP contribution in [0, 0.1) is 11.3 Å². The van der Waals surface area contributed by atoms with Crippen molar-refractivity contribution in [3.05, 3.63) is 64.4 Å². The second kappa shape index (κ2) is 6.18. The van der Waals surface area contributed by atoms with Gasteiger partial charge in [0.05, 0.1) is 5.56 Å². The SMILES string of the molecule is CN(Cc1cccc(Cl)c1)C(=O)c1ccc(C#N)cn1. The number of aromatic nitrogens is 1. The van der Waals surface area contributed by atoms with Gasteiger partial charge < -0.3 is 4.90 Å². The zero-order valence-electron chi connectivity index (χ0n) is 10.9. The smallest absolute Gasteiger partial charge is 0.272 e. The largest absolute Gasteiger partial charge is 0.336 e. The number of nitrogens with zero attached hydrogens (tertiary/aromatic N) is 3. The number of hydrogen-bond acceptors (Lipinski definition) is 3. The number of carbonyl (C=O) groups excluding carboxylic acids is 1. The van der Waals surface area contributed by atoms with Crippen molar-refractivity contribution >= 4 is 17.5 Å². The van der Waals surface area contributed by atoms with Crippen LogP contribution in [0.5, 0.6) is 0 Å². The fourth-order valence-electron chi connectivity index (χ4n) is 1.76. The van der Waals surface area contributed by atoms with Gasteiger partial charge in [-0.05, 0) is 29.8 Å². The van der Waals surface area contributed by atoms with E-state index in [2.05, 4.69) is 4.98 Å². The molecule has 20 heavy (non-hydrogen) atoms. The van der Waals surface area contributed by atoms with E-state index in [0.29, 0.717) is 22.8 Å².